The van der Waals surface area contributed by atoms with Crippen molar-refractivity contribution in [2.45, 2.75) is 46.9 Å². The SMILES string of the molecule is Cc1cc(C)c(C2=C(c3ccc(-c4ccccn4)nc3)S(C)(C)C(c3ccc(-c4ccccn4)nc3)N2c2c(C)cc(C)cc2C)c(C)c1. The molecule has 4 aromatic heterocycles. The Kier molecular flexibility index (Phi) is 8.45. The Bertz CT molecular complexity index is 2140. The maximum atomic E-state index is 5.02. The molecule has 0 N–H and O–H groups in total. The molecule has 2 aromatic carbocycles. The van der Waals surface area contributed by atoms with Crippen LogP contribution in [-0.2, 0) is 0 Å². The van der Waals surface area contributed by atoms with E-state index >= 15 is 0 Å². The molecule has 6 aromatic rings. The number of aromatic nitrogens is 4. The van der Waals surface area contributed by atoms with Crippen LogP contribution >= 0.6 is 10.0 Å². The highest BCUT2D eigenvalue weighted by Gasteiger charge is 2.47. The number of pyridine rings is 4. The van der Waals surface area contributed by atoms with Gasteiger partial charge >= 0.3 is 0 Å². The van der Waals surface area contributed by atoms with Gasteiger partial charge in [-0.05, 0) is 113 Å². The predicted molar refractivity (Wildman–Crippen MR) is 208 cm³/mol. The number of nitrogens with zero attached hydrogens (tertiary/aromatic N) is 5. The van der Waals surface area contributed by atoms with Gasteiger partial charge in [0.1, 0.15) is 0 Å². The van der Waals surface area contributed by atoms with E-state index < -0.39 is 10.0 Å². The quantitative estimate of drug-likeness (QED) is 0.178. The molecule has 0 radical (unpaired) electrons. The number of hydrogen-bond acceptors (Lipinski definition) is 5. The summed E-state index contributed by atoms with van der Waals surface area (Å²) in [5.74, 6) is 0. The normalized spacial score (nSPS) is 16.2. The molecule has 49 heavy (non-hydrogen) atoms. The van der Waals surface area contributed by atoms with Crippen molar-refractivity contribution in [2.75, 3.05) is 17.4 Å². The molecule has 1 atom stereocenters. The van der Waals surface area contributed by atoms with E-state index in [1.165, 1.54) is 60.8 Å². The Morgan fingerprint density at radius 3 is 1.53 bits per heavy atom. The second kappa shape index (κ2) is 12.8. The highest BCUT2D eigenvalue weighted by molar-refractivity contribution is 8.40. The summed E-state index contributed by atoms with van der Waals surface area (Å²) in [6.45, 7) is 13.4. The summed E-state index contributed by atoms with van der Waals surface area (Å²) in [5, 5.41) is 0.0264. The molecule has 0 fully saturated rings. The van der Waals surface area contributed by atoms with E-state index in [-0.39, 0.29) is 5.37 Å². The first-order valence-corrected chi connectivity index (χ1v) is 19.2. The molecule has 0 saturated heterocycles. The molecule has 5 nitrogen and oxygen atoms in total. The molecule has 0 spiro atoms. The monoisotopic (exact) mass is 661 g/mol. The lowest BCUT2D eigenvalue weighted by molar-refractivity contribution is 0.935. The lowest BCUT2D eigenvalue weighted by Crippen LogP contribution is -2.27. The fraction of sp³-hybridized carbons (Fsp3) is 0.209. The summed E-state index contributed by atoms with van der Waals surface area (Å²) >= 11 is 0. The molecule has 0 amide bonds. The standard InChI is InChI=1S/C43H43N5S/c1-27-21-29(3)39(30(4)22-27)41-42(33-15-17-37(46-25-33)35-13-9-11-19-44-35)49(7,8)43(48(41)40-31(5)23-28(2)24-32(40)6)34-16-18-38(47-26-34)36-14-10-12-20-45-36/h9-26,43H,1-8H3. The molecule has 1 unspecified atom stereocenters. The van der Waals surface area contributed by atoms with Gasteiger partial charge in [0.25, 0.3) is 0 Å². The zero-order valence-electron chi connectivity index (χ0n) is 29.6. The number of hydrogen-bond donors (Lipinski definition) is 0. The molecule has 1 aliphatic rings. The van der Waals surface area contributed by atoms with Crippen LogP contribution < -0.4 is 4.90 Å². The van der Waals surface area contributed by atoms with E-state index in [4.69, 9.17) is 9.97 Å². The molecular weight excluding hydrogens is 619 g/mol. The van der Waals surface area contributed by atoms with Gasteiger partial charge < -0.3 is 4.90 Å². The average molecular weight is 662 g/mol. The first-order valence-electron chi connectivity index (χ1n) is 16.7. The van der Waals surface area contributed by atoms with Crippen LogP contribution in [0.4, 0.5) is 5.69 Å². The van der Waals surface area contributed by atoms with E-state index in [0.717, 1.165) is 28.3 Å². The fourth-order valence-corrected chi connectivity index (χ4v) is 11.0. The van der Waals surface area contributed by atoms with Crippen LogP contribution in [-0.4, -0.2) is 32.4 Å². The number of aryl methyl sites for hydroxylation is 6. The van der Waals surface area contributed by atoms with Crippen molar-refractivity contribution in [2.24, 2.45) is 0 Å². The summed E-state index contributed by atoms with van der Waals surface area (Å²) < 4.78 is 0. The lowest BCUT2D eigenvalue weighted by atomic mass is 9.93. The van der Waals surface area contributed by atoms with Gasteiger partial charge in [0.05, 0.1) is 33.8 Å². The van der Waals surface area contributed by atoms with Gasteiger partial charge in [0, 0.05) is 52.1 Å². The topological polar surface area (TPSA) is 54.8 Å². The average Bonchev–Trinajstić information content (AvgIpc) is 3.31. The minimum atomic E-state index is -1.58. The number of benzene rings is 2. The van der Waals surface area contributed by atoms with E-state index in [0.29, 0.717) is 0 Å². The number of rotatable bonds is 6. The Labute approximate surface area is 292 Å². The third-order valence-corrected chi connectivity index (χ3v) is 12.6. The van der Waals surface area contributed by atoms with E-state index in [9.17, 15) is 0 Å². The lowest BCUT2D eigenvalue weighted by Gasteiger charge is -2.41. The first kappa shape index (κ1) is 32.5. The van der Waals surface area contributed by atoms with Gasteiger partial charge in [0.2, 0.25) is 0 Å². The Balaban J connectivity index is 1.52. The minimum Gasteiger partial charge on any atom is -0.324 e. The van der Waals surface area contributed by atoms with Crippen LogP contribution in [0.5, 0.6) is 0 Å². The van der Waals surface area contributed by atoms with E-state index in [2.05, 4.69) is 130 Å². The summed E-state index contributed by atoms with van der Waals surface area (Å²) in [4.78, 5) is 23.2. The van der Waals surface area contributed by atoms with Crippen LogP contribution in [0, 0.1) is 41.5 Å². The van der Waals surface area contributed by atoms with Crippen LogP contribution in [0.1, 0.15) is 55.4 Å². The molecule has 1 aliphatic heterocycles. The maximum Gasteiger partial charge on any atom is 0.0952 e. The van der Waals surface area contributed by atoms with Gasteiger partial charge in [-0.2, -0.15) is 10.0 Å². The largest absolute Gasteiger partial charge is 0.324 e. The number of anilines is 1. The summed E-state index contributed by atoms with van der Waals surface area (Å²) in [5.41, 5.74) is 17.2. The highest BCUT2D eigenvalue weighted by atomic mass is 32.3. The first-order chi connectivity index (χ1) is 23.5. The Morgan fingerprint density at radius 1 is 0.551 bits per heavy atom. The summed E-state index contributed by atoms with van der Waals surface area (Å²) in [6, 6.07) is 30.0. The van der Waals surface area contributed by atoms with Crippen molar-refractivity contribution in [3.05, 3.63) is 160 Å². The molecule has 0 bridgehead atoms. The van der Waals surface area contributed by atoms with Crippen LogP contribution in [0.15, 0.2) is 110 Å². The van der Waals surface area contributed by atoms with Crippen LogP contribution in [0.3, 0.4) is 0 Å². The molecule has 246 valence electrons. The van der Waals surface area contributed by atoms with Crippen LogP contribution in [0.25, 0.3) is 33.4 Å². The van der Waals surface area contributed by atoms with Crippen molar-refractivity contribution >= 4 is 26.3 Å². The molecule has 0 saturated carbocycles. The molecular formula is C43H43N5S. The van der Waals surface area contributed by atoms with Crippen molar-refractivity contribution in [3.8, 4) is 22.8 Å². The van der Waals surface area contributed by atoms with Gasteiger partial charge in [-0.25, -0.2) is 0 Å². The fourth-order valence-electron chi connectivity index (χ4n) is 7.76. The minimum absolute atomic E-state index is 0.0264. The third-order valence-electron chi connectivity index (χ3n) is 9.52. The third kappa shape index (κ3) is 5.84. The second-order valence-electron chi connectivity index (χ2n) is 13.7. The Hall–Kier alpha value is -5.07. The maximum absolute atomic E-state index is 5.02. The van der Waals surface area contributed by atoms with Crippen molar-refractivity contribution in [3.63, 3.8) is 0 Å². The Morgan fingerprint density at radius 2 is 1.06 bits per heavy atom. The van der Waals surface area contributed by atoms with Crippen molar-refractivity contribution in [1.29, 1.82) is 0 Å². The van der Waals surface area contributed by atoms with Gasteiger partial charge in [-0.1, -0.05) is 59.7 Å². The zero-order chi connectivity index (χ0) is 34.4. The smallest absolute Gasteiger partial charge is 0.0952 e. The van der Waals surface area contributed by atoms with Gasteiger partial charge in [-0.3, -0.25) is 19.9 Å². The van der Waals surface area contributed by atoms with E-state index in [1.54, 1.807) is 0 Å². The molecule has 7 rings (SSSR count). The molecule has 6 heteroatoms. The molecule has 0 aliphatic carbocycles. The highest BCUT2D eigenvalue weighted by Crippen LogP contribution is 2.74. The van der Waals surface area contributed by atoms with Crippen molar-refractivity contribution < 1.29 is 0 Å². The van der Waals surface area contributed by atoms with E-state index in [1.807, 2.05) is 48.8 Å². The predicted octanol–water partition coefficient (Wildman–Crippen LogP) is 10.6. The van der Waals surface area contributed by atoms with Crippen molar-refractivity contribution in [1.82, 2.24) is 19.9 Å². The summed E-state index contributed by atoms with van der Waals surface area (Å²) in [7, 11) is -1.58. The van der Waals surface area contributed by atoms with Gasteiger partial charge in [0.15, 0.2) is 0 Å². The van der Waals surface area contributed by atoms with Gasteiger partial charge in [-0.15, -0.1) is 0 Å². The molecule has 5 heterocycles. The van der Waals surface area contributed by atoms with Crippen LogP contribution in [0.2, 0.25) is 0 Å². The summed E-state index contributed by atoms with van der Waals surface area (Å²) in [6.07, 6.45) is 12.7. The zero-order valence-corrected chi connectivity index (χ0v) is 30.4. The second-order valence-corrected chi connectivity index (χ2v) is 17.3.